The fourth-order valence-electron chi connectivity index (χ4n) is 1.76. The largest absolute Gasteiger partial charge is 0.497 e. The molecule has 0 saturated heterocycles. The van der Waals surface area contributed by atoms with E-state index in [1.807, 2.05) is 12.1 Å². The van der Waals surface area contributed by atoms with Crippen molar-refractivity contribution in [1.82, 2.24) is 4.98 Å². The van der Waals surface area contributed by atoms with Crippen LogP contribution in [0.1, 0.15) is 0 Å². The first-order valence-electron chi connectivity index (χ1n) is 5.70. The standard InChI is InChI=1S/C13H12BrN3O3/c1-16(10-4-3-5-11(7-10)20-2)13-12(17(18)19)6-9(14)8-15-13/h3-8H,1-2H3. The number of pyridine rings is 1. The van der Waals surface area contributed by atoms with Crippen LogP contribution in [0, 0.1) is 10.1 Å². The summed E-state index contributed by atoms with van der Waals surface area (Å²) in [5, 5.41) is 11.1. The molecule has 2 rings (SSSR count). The molecule has 20 heavy (non-hydrogen) atoms. The van der Waals surface area contributed by atoms with Crippen LogP contribution in [-0.4, -0.2) is 24.1 Å². The minimum absolute atomic E-state index is 0.0651. The molecule has 0 spiro atoms. The molecular weight excluding hydrogens is 326 g/mol. The summed E-state index contributed by atoms with van der Waals surface area (Å²) in [6, 6.07) is 8.67. The van der Waals surface area contributed by atoms with Crippen molar-refractivity contribution in [2.24, 2.45) is 0 Å². The SMILES string of the molecule is COc1cccc(N(C)c2ncc(Br)cc2[N+](=O)[O-])c1. The monoisotopic (exact) mass is 337 g/mol. The van der Waals surface area contributed by atoms with Crippen LogP contribution in [-0.2, 0) is 0 Å². The lowest BCUT2D eigenvalue weighted by molar-refractivity contribution is -0.384. The van der Waals surface area contributed by atoms with Crippen molar-refractivity contribution in [2.45, 2.75) is 0 Å². The predicted octanol–water partition coefficient (Wildman–Crippen LogP) is 3.53. The molecular formula is C13H12BrN3O3. The maximum atomic E-state index is 11.1. The number of rotatable bonds is 4. The molecule has 0 amide bonds. The normalized spacial score (nSPS) is 10.2. The summed E-state index contributed by atoms with van der Waals surface area (Å²) in [4.78, 5) is 16.4. The minimum atomic E-state index is -0.455. The van der Waals surface area contributed by atoms with E-state index in [1.165, 1.54) is 12.3 Å². The first kappa shape index (κ1) is 14.3. The van der Waals surface area contributed by atoms with Crippen LogP contribution in [0.25, 0.3) is 0 Å². The van der Waals surface area contributed by atoms with Crippen molar-refractivity contribution in [3.05, 3.63) is 51.1 Å². The van der Waals surface area contributed by atoms with Gasteiger partial charge < -0.3 is 9.64 Å². The molecule has 7 heteroatoms. The molecule has 1 aromatic heterocycles. The van der Waals surface area contributed by atoms with Crippen LogP contribution >= 0.6 is 15.9 Å². The van der Waals surface area contributed by atoms with Gasteiger partial charge in [-0.25, -0.2) is 4.98 Å². The second-order valence-electron chi connectivity index (χ2n) is 4.01. The molecule has 0 unspecified atom stereocenters. The van der Waals surface area contributed by atoms with Gasteiger partial charge in [-0.3, -0.25) is 10.1 Å². The zero-order chi connectivity index (χ0) is 14.7. The highest BCUT2D eigenvalue weighted by Crippen LogP contribution is 2.33. The molecule has 0 atom stereocenters. The topological polar surface area (TPSA) is 68.5 Å². The maximum absolute atomic E-state index is 11.1. The molecule has 0 bridgehead atoms. The van der Waals surface area contributed by atoms with Crippen LogP contribution in [0.4, 0.5) is 17.2 Å². The molecule has 6 nitrogen and oxygen atoms in total. The lowest BCUT2D eigenvalue weighted by atomic mass is 10.2. The molecule has 1 aromatic carbocycles. The summed E-state index contributed by atoms with van der Waals surface area (Å²) in [6.07, 6.45) is 1.53. The Hall–Kier alpha value is -2.15. The highest BCUT2D eigenvalue weighted by molar-refractivity contribution is 9.10. The molecule has 1 heterocycles. The van der Waals surface area contributed by atoms with Gasteiger partial charge in [0.05, 0.1) is 12.0 Å². The van der Waals surface area contributed by atoms with Gasteiger partial charge in [0, 0.05) is 35.5 Å². The highest BCUT2D eigenvalue weighted by Gasteiger charge is 2.20. The first-order valence-corrected chi connectivity index (χ1v) is 6.50. The molecule has 0 aliphatic rings. The average Bonchev–Trinajstić information content (AvgIpc) is 2.46. The lowest BCUT2D eigenvalue weighted by Gasteiger charge is -2.18. The summed E-state index contributed by atoms with van der Waals surface area (Å²) < 4.78 is 5.71. The Morgan fingerprint density at radius 1 is 1.40 bits per heavy atom. The Labute approximate surface area is 124 Å². The van der Waals surface area contributed by atoms with Crippen molar-refractivity contribution in [3.63, 3.8) is 0 Å². The van der Waals surface area contributed by atoms with Crippen LogP contribution in [0.2, 0.25) is 0 Å². The van der Waals surface area contributed by atoms with Gasteiger partial charge in [0.2, 0.25) is 5.82 Å². The summed E-state index contributed by atoms with van der Waals surface area (Å²) in [5.41, 5.74) is 0.687. The molecule has 0 aliphatic carbocycles. The molecule has 0 N–H and O–H groups in total. The molecule has 0 fully saturated rings. The second-order valence-corrected chi connectivity index (χ2v) is 4.93. The summed E-state index contributed by atoms with van der Waals surface area (Å²) in [6.45, 7) is 0. The quantitative estimate of drug-likeness (QED) is 0.630. The first-order chi connectivity index (χ1) is 9.52. The van der Waals surface area contributed by atoms with Crippen LogP contribution in [0.15, 0.2) is 41.0 Å². The number of hydrogen-bond donors (Lipinski definition) is 0. The van der Waals surface area contributed by atoms with E-state index in [9.17, 15) is 10.1 Å². The zero-order valence-corrected chi connectivity index (χ0v) is 12.5. The molecule has 104 valence electrons. The fourth-order valence-corrected chi connectivity index (χ4v) is 2.07. The average molecular weight is 338 g/mol. The van der Waals surface area contributed by atoms with Crippen LogP contribution < -0.4 is 9.64 Å². The van der Waals surface area contributed by atoms with E-state index in [0.29, 0.717) is 10.2 Å². The van der Waals surface area contributed by atoms with Crippen molar-refractivity contribution in [1.29, 1.82) is 0 Å². The summed E-state index contributed by atoms with van der Waals surface area (Å²) in [7, 11) is 3.29. The molecule has 0 saturated carbocycles. The molecule has 0 aliphatic heterocycles. The van der Waals surface area contributed by atoms with Gasteiger partial charge in [0.1, 0.15) is 5.75 Å². The van der Waals surface area contributed by atoms with E-state index in [0.717, 1.165) is 5.69 Å². The van der Waals surface area contributed by atoms with Crippen molar-refractivity contribution in [3.8, 4) is 5.75 Å². The number of benzene rings is 1. The van der Waals surface area contributed by atoms with E-state index in [2.05, 4.69) is 20.9 Å². The van der Waals surface area contributed by atoms with Crippen molar-refractivity contribution in [2.75, 3.05) is 19.1 Å². The van der Waals surface area contributed by atoms with E-state index in [1.54, 1.807) is 31.2 Å². The molecule has 2 aromatic rings. The number of methoxy groups -OCH3 is 1. The Kier molecular flexibility index (Phi) is 4.19. The van der Waals surface area contributed by atoms with E-state index < -0.39 is 4.92 Å². The Morgan fingerprint density at radius 2 is 2.15 bits per heavy atom. The smallest absolute Gasteiger partial charge is 0.313 e. The van der Waals surface area contributed by atoms with Crippen molar-refractivity contribution < 1.29 is 9.66 Å². The van der Waals surface area contributed by atoms with Gasteiger partial charge in [-0.2, -0.15) is 0 Å². The number of aromatic nitrogens is 1. The number of anilines is 2. The third kappa shape index (κ3) is 2.88. The minimum Gasteiger partial charge on any atom is -0.497 e. The predicted molar refractivity (Wildman–Crippen MR) is 79.6 cm³/mol. The van der Waals surface area contributed by atoms with Gasteiger partial charge in [-0.15, -0.1) is 0 Å². The zero-order valence-electron chi connectivity index (χ0n) is 10.9. The van der Waals surface area contributed by atoms with Gasteiger partial charge in [0.15, 0.2) is 0 Å². The number of ether oxygens (including phenoxy) is 1. The van der Waals surface area contributed by atoms with Crippen LogP contribution in [0.5, 0.6) is 5.75 Å². The number of nitrogens with zero attached hydrogens (tertiary/aromatic N) is 3. The number of nitro groups is 1. The maximum Gasteiger partial charge on any atom is 0.313 e. The van der Waals surface area contributed by atoms with Crippen LogP contribution in [0.3, 0.4) is 0 Å². The van der Waals surface area contributed by atoms with Gasteiger partial charge in [0.25, 0.3) is 0 Å². The number of halogens is 1. The van der Waals surface area contributed by atoms with Gasteiger partial charge in [-0.1, -0.05) is 6.07 Å². The van der Waals surface area contributed by atoms with E-state index in [-0.39, 0.29) is 11.5 Å². The van der Waals surface area contributed by atoms with E-state index in [4.69, 9.17) is 4.74 Å². The fraction of sp³-hybridized carbons (Fsp3) is 0.154. The Morgan fingerprint density at radius 3 is 2.80 bits per heavy atom. The third-order valence-electron chi connectivity index (χ3n) is 2.77. The van der Waals surface area contributed by atoms with Crippen molar-refractivity contribution >= 4 is 33.1 Å². The summed E-state index contributed by atoms with van der Waals surface area (Å²) in [5.74, 6) is 0.945. The summed E-state index contributed by atoms with van der Waals surface area (Å²) >= 11 is 3.19. The Balaban J connectivity index is 2.47. The van der Waals surface area contributed by atoms with Gasteiger partial charge in [-0.05, 0) is 28.1 Å². The third-order valence-corrected chi connectivity index (χ3v) is 3.20. The second kappa shape index (κ2) is 5.87. The van der Waals surface area contributed by atoms with Gasteiger partial charge >= 0.3 is 5.69 Å². The number of hydrogen-bond acceptors (Lipinski definition) is 5. The Bertz CT molecular complexity index is 649. The van der Waals surface area contributed by atoms with E-state index >= 15 is 0 Å². The lowest BCUT2D eigenvalue weighted by Crippen LogP contribution is -2.13. The molecule has 0 radical (unpaired) electrons. The highest BCUT2D eigenvalue weighted by atomic mass is 79.9.